The fourth-order valence-corrected chi connectivity index (χ4v) is 5.42. The molecule has 2 aromatic rings. The number of halogens is 1. The van der Waals surface area contributed by atoms with Crippen molar-refractivity contribution >= 4 is 5.91 Å². The summed E-state index contributed by atoms with van der Waals surface area (Å²) in [6.07, 6.45) is 7.95. The van der Waals surface area contributed by atoms with Gasteiger partial charge in [0.15, 0.2) is 0 Å². The van der Waals surface area contributed by atoms with Gasteiger partial charge < -0.3 is 9.88 Å². The highest BCUT2D eigenvalue weighted by Gasteiger charge is 2.33. The van der Waals surface area contributed by atoms with E-state index in [0.29, 0.717) is 30.3 Å². The molecule has 1 N–H and O–H groups in total. The molecule has 0 unspecified atom stereocenters. The Morgan fingerprint density at radius 3 is 2.71 bits per heavy atom. The van der Waals surface area contributed by atoms with Crippen LogP contribution in [0, 0.1) is 5.82 Å². The second-order valence-corrected chi connectivity index (χ2v) is 9.11. The van der Waals surface area contributed by atoms with Gasteiger partial charge >= 0.3 is 0 Å². The molecule has 3 heterocycles. The van der Waals surface area contributed by atoms with Gasteiger partial charge in [-0.1, -0.05) is 31.4 Å². The van der Waals surface area contributed by atoms with Gasteiger partial charge in [0, 0.05) is 30.6 Å². The second kappa shape index (κ2) is 8.54. The maximum absolute atomic E-state index is 14.1. The Hall–Kier alpha value is -2.54. The summed E-state index contributed by atoms with van der Waals surface area (Å²) in [6.45, 7) is 2.62. The van der Waals surface area contributed by atoms with Crippen LogP contribution < -0.4 is 5.56 Å². The van der Waals surface area contributed by atoms with E-state index < -0.39 is 5.82 Å². The monoisotopic (exact) mass is 424 g/mol. The Morgan fingerprint density at radius 2 is 1.90 bits per heavy atom. The molecular weight excluding hydrogens is 395 g/mol. The van der Waals surface area contributed by atoms with E-state index in [4.69, 9.17) is 4.98 Å². The van der Waals surface area contributed by atoms with E-state index in [2.05, 4.69) is 9.88 Å². The molecule has 164 valence electrons. The summed E-state index contributed by atoms with van der Waals surface area (Å²) in [7, 11) is 0. The van der Waals surface area contributed by atoms with Gasteiger partial charge in [-0.15, -0.1) is 0 Å². The van der Waals surface area contributed by atoms with Crippen molar-refractivity contribution in [2.45, 2.75) is 63.5 Å². The van der Waals surface area contributed by atoms with Crippen LogP contribution in [0.1, 0.15) is 71.9 Å². The highest BCUT2D eigenvalue weighted by atomic mass is 19.1. The van der Waals surface area contributed by atoms with Crippen LogP contribution in [0.5, 0.6) is 0 Å². The number of rotatable bonds is 3. The Morgan fingerprint density at radius 1 is 1.10 bits per heavy atom. The predicted molar refractivity (Wildman–Crippen MR) is 116 cm³/mol. The van der Waals surface area contributed by atoms with Gasteiger partial charge in [0.05, 0.1) is 17.8 Å². The van der Waals surface area contributed by atoms with Crippen molar-refractivity contribution in [2.24, 2.45) is 0 Å². The largest absolute Gasteiger partial charge is 0.332 e. The van der Waals surface area contributed by atoms with E-state index in [-0.39, 0.29) is 29.5 Å². The summed E-state index contributed by atoms with van der Waals surface area (Å²) in [4.78, 5) is 37.6. The summed E-state index contributed by atoms with van der Waals surface area (Å²) in [5.74, 6) is 0.0863. The molecule has 5 rings (SSSR count). The minimum Gasteiger partial charge on any atom is -0.332 e. The van der Waals surface area contributed by atoms with E-state index in [1.807, 2.05) is 0 Å². The van der Waals surface area contributed by atoms with Crippen LogP contribution in [0.3, 0.4) is 0 Å². The Kier molecular flexibility index (Phi) is 5.61. The maximum atomic E-state index is 14.1. The summed E-state index contributed by atoms with van der Waals surface area (Å²) in [5.41, 5.74) is 1.29. The first-order valence-corrected chi connectivity index (χ1v) is 11.5. The normalized spacial score (nSPS) is 22.5. The minimum atomic E-state index is -0.522. The van der Waals surface area contributed by atoms with Crippen LogP contribution in [0.15, 0.2) is 29.1 Å². The molecule has 1 atom stereocenters. The number of amides is 1. The number of hydrogen-bond donors (Lipinski definition) is 1. The Bertz CT molecular complexity index is 1030. The molecule has 2 fully saturated rings. The van der Waals surface area contributed by atoms with E-state index in [9.17, 15) is 14.0 Å². The molecule has 1 aliphatic carbocycles. The molecule has 3 aliphatic rings. The molecule has 31 heavy (non-hydrogen) atoms. The van der Waals surface area contributed by atoms with E-state index in [1.165, 1.54) is 44.2 Å². The number of aromatic nitrogens is 2. The average Bonchev–Trinajstić information content (AvgIpc) is 3.30. The summed E-state index contributed by atoms with van der Waals surface area (Å²) >= 11 is 0. The zero-order valence-corrected chi connectivity index (χ0v) is 17.8. The highest BCUT2D eigenvalue weighted by molar-refractivity contribution is 5.94. The van der Waals surface area contributed by atoms with Crippen molar-refractivity contribution in [1.29, 1.82) is 0 Å². The number of H-pyrrole nitrogens is 1. The van der Waals surface area contributed by atoms with Gasteiger partial charge in [-0.05, 0) is 44.4 Å². The lowest BCUT2D eigenvalue weighted by atomic mass is 9.94. The molecule has 1 amide bonds. The van der Waals surface area contributed by atoms with Crippen molar-refractivity contribution in [3.8, 4) is 0 Å². The number of carbonyl (C=O) groups excluding carboxylic acids is 1. The smallest absolute Gasteiger partial charge is 0.257 e. The van der Waals surface area contributed by atoms with E-state index in [1.54, 1.807) is 17.0 Å². The topological polar surface area (TPSA) is 69.3 Å². The SMILES string of the molecule is O=C(c1ccccc1F)N1CCc2c(nc([C@@H]3CCN(C4CCCCC4)C3)[nH]c2=O)C1. The van der Waals surface area contributed by atoms with E-state index >= 15 is 0 Å². The van der Waals surface area contributed by atoms with Crippen LogP contribution in [0.2, 0.25) is 0 Å². The maximum Gasteiger partial charge on any atom is 0.257 e. The van der Waals surface area contributed by atoms with Gasteiger partial charge in [-0.3, -0.25) is 14.5 Å². The Balaban J connectivity index is 1.34. The fraction of sp³-hybridized carbons (Fsp3) is 0.542. The summed E-state index contributed by atoms with van der Waals surface area (Å²) in [6, 6.07) is 6.69. The van der Waals surface area contributed by atoms with Gasteiger partial charge in [0.25, 0.3) is 11.5 Å². The number of nitrogens with one attached hydrogen (secondary N) is 1. The molecule has 1 aromatic carbocycles. The zero-order chi connectivity index (χ0) is 21.4. The number of likely N-dealkylation sites (tertiary alicyclic amines) is 1. The lowest BCUT2D eigenvalue weighted by molar-refractivity contribution is 0.0726. The molecule has 1 saturated heterocycles. The molecule has 2 aliphatic heterocycles. The first-order chi connectivity index (χ1) is 15.1. The van der Waals surface area contributed by atoms with E-state index in [0.717, 1.165) is 25.3 Å². The third-order valence-electron chi connectivity index (χ3n) is 7.18. The Labute approximate surface area is 181 Å². The lowest BCUT2D eigenvalue weighted by Crippen LogP contribution is -2.40. The number of aromatic amines is 1. The van der Waals surface area contributed by atoms with Gasteiger partial charge in [-0.25, -0.2) is 9.37 Å². The quantitative estimate of drug-likeness (QED) is 0.821. The van der Waals surface area contributed by atoms with Gasteiger partial charge in [0.2, 0.25) is 0 Å². The fourth-order valence-electron chi connectivity index (χ4n) is 5.42. The lowest BCUT2D eigenvalue weighted by Gasteiger charge is -2.31. The van der Waals surface area contributed by atoms with Crippen molar-refractivity contribution in [3.05, 3.63) is 63.1 Å². The van der Waals surface area contributed by atoms with Crippen molar-refractivity contribution in [3.63, 3.8) is 0 Å². The van der Waals surface area contributed by atoms with Gasteiger partial charge in [-0.2, -0.15) is 0 Å². The number of carbonyl (C=O) groups is 1. The molecule has 1 aromatic heterocycles. The third kappa shape index (κ3) is 4.03. The summed E-state index contributed by atoms with van der Waals surface area (Å²) < 4.78 is 14.1. The third-order valence-corrected chi connectivity index (χ3v) is 7.18. The van der Waals surface area contributed by atoms with Crippen molar-refractivity contribution in [2.75, 3.05) is 19.6 Å². The van der Waals surface area contributed by atoms with Crippen LogP contribution in [0.25, 0.3) is 0 Å². The van der Waals surface area contributed by atoms with Gasteiger partial charge in [0.1, 0.15) is 11.6 Å². The van der Waals surface area contributed by atoms with Crippen LogP contribution in [-0.4, -0.2) is 51.4 Å². The van der Waals surface area contributed by atoms with Crippen LogP contribution >= 0.6 is 0 Å². The van der Waals surface area contributed by atoms with Crippen LogP contribution in [0.4, 0.5) is 4.39 Å². The average molecular weight is 425 g/mol. The highest BCUT2D eigenvalue weighted by Crippen LogP contribution is 2.31. The molecule has 0 bridgehead atoms. The van der Waals surface area contributed by atoms with Crippen LogP contribution in [-0.2, 0) is 13.0 Å². The molecule has 0 spiro atoms. The number of hydrogen-bond acceptors (Lipinski definition) is 4. The molecule has 1 saturated carbocycles. The van der Waals surface area contributed by atoms with Crippen molar-refractivity contribution < 1.29 is 9.18 Å². The zero-order valence-electron chi connectivity index (χ0n) is 17.8. The molecule has 0 radical (unpaired) electrons. The predicted octanol–water partition coefficient (Wildman–Crippen LogP) is 3.23. The summed E-state index contributed by atoms with van der Waals surface area (Å²) in [5, 5.41) is 0. The standard InChI is InChI=1S/C24H29FN4O2/c25-20-9-5-4-8-18(20)24(31)29-13-11-19-21(15-29)26-22(27-23(19)30)16-10-12-28(14-16)17-6-2-1-3-7-17/h4-5,8-9,16-17H,1-3,6-7,10-15H2,(H,26,27,30)/t16-/m1/s1. The number of fused-ring (bicyclic) bond motifs is 1. The number of nitrogens with zero attached hydrogens (tertiary/aromatic N) is 3. The first-order valence-electron chi connectivity index (χ1n) is 11.5. The number of benzene rings is 1. The molecule has 7 heteroatoms. The minimum absolute atomic E-state index is 0.0648. The first kappa shape index (κ1) is 20.4. The molecule has 6 nitrogen and oxygen atoms in total. The van der Waals surface area contributed by atoms with Crippen molar-refractivity contribution in [1.82, 2.24) is 19.8 Å². The second-order valence-electron chi connectivity index (χ2n) is 9.11. The molecular formula is C24H29FN4O2.